The number of aryl methyl sites for hydroxylation is 1. The van der Waals surface area contributed by atoms with E-state index >= 15 is 0 Å². The van der Waals surface area contributed by atoms with Gasteiger partial charge in [0.25, 0.3) is 0 Å². The molecule has 0 fully saturated rings. The Labute approximate surface area is 111 Å². The molecule has 1 amide bonds. The van der Waals surface area contributed by atoms with Gasteiger partial charge in [0.1, 0.15) is 12.2 Å². The Hall–Kier alpha value is -2.38. The lowest BCUT2D eigenvalue weighted by molar-refractivity contribution is -0.117. The Morgan fingerprint density at radius 3 is 2.35 bits per heavy atom. The summed E-state index contributed by atoms with van der Waals surface area (Å²) in [6.45, 7) is 1.35. The Morgan fingerprint density at radius 1 is 1.25 bits per heavy atom. The van der Waals surface area contributed by atoms with Crippen LogP contribution in [-0.4, -0.2) is 15.7 Å². The zero-order valence-corrected chi connectivity index (χ0v) is 10.3. The molecule has 0 aliphatic heterocycles. The van der Waals surface area contributed by atoms with Crippen LogP contribution < -0.4 is 5.32 Å². The van der Waals surface area contributed by atoms with Crippen LogP contribution in [0.4, 0.5) is 23.2 Å². The summed E-state index contributed by atoms with van der Waals surface area (Å²) >= 11 is 0. The molecule has 0 saturated heterocycles. The average molecular weight is 287 g/mol. The summed E-state index contributed by atoms with van der Waals surface area (Å²) in [5.41, 5.74) is -0.511. The van der Waals surface area contributed by atoms with Gasteiger partial charge < -0.3 is 5.32 Å². The van der Waals surface area contributed by atoms with Crippen LogP contribution in [-0.2, 0) is 11.3 Å². The Kier molecular flexibility index (Phi) is 3.73. The van der Waals surface area contributed by atoms with Crippen molar-refractivity contribution in [3.05, 3.63) is 47.3 Å². The highest BCUT2D eigenvalue weighted by molar-refractivity contribution is 5.90. The zero-order chi connectivity index (χ0) is 14.9. The normalized spacial score (nSPS) is 10.7. The minimum Gasteiger partial charge on any atom is -0.319 e. The summed E-state index contributed by atoms with van der Waals surface area (Å²) in [5, 5.41) is 5.68. The molecule has 0 atom stereocenters. The Morgan fingerprint density at radius 2 is 1.85 bits per heavy atom. The van der Waals surface area contributed by atoms with Gasteiger partial charge in [-0.25, -0.2) is 17.6 Å². The maximum atomic E-state index is 13.3. The number of rotatable bonds is 3. The lowest BCUT2D eigenvalue weighted by Gasteiger charge is -2.09. The van der Waals surface area contributed by atoms with Crippen molar-refractivity contribution in [1.82, 2.24) is 9.78 Å². The topological polar surface area (TPSA) is 46.9 Å². The molecule has 1 heterocycles. The third-order valence-electron chi connectivity index (χ3n) is 2.46. The molecule has 1 aromatic carbocycles. The minimum atomic E-state index is -1.66. The highest BCUT2D eigenvalue weighted by Crippen LogP contribution is 2.24. The number of aromatic nitrogens is 2. The third kappa shape index (κ3) is 2.79. The molecule has 1 aromatic heterocycles. The number of nitrogens with zero attached hydrogens (tertiary/aromatic N) is 2. The first kappa shape index (κ1) is 14.0. The molecule has 20 heavy (non-hydrogen) atoms. The molecule has 0 spiro atoms. The number of halogens is 4. The fraction of sp³-hybridized carbons (Fsp3) is 0.167. The first-order valence-corrected chi connectivity index (χ1v) is 5.51. The van der Waals surface area contributed by atoms with Crippen LogP contribution in [0.15, 0.2) is 18.3 Å². The largest absolute Gasteiger partial charge is 0.319 e. The van der Waals surface area contributed by atoms with Gasteiger partial charge in [-0.2, -0.15) is 5.10 Å². The maximum absolute atomic E-state index is 13.3. The number of benzene rings is 1. The quantitative estimate of drug-likeness (QED) is 0.696. The Balaban J connectivity index is 2.20. The maximum Gasteiger partial charge on any atom is 0.246 e. The molecule has 1 N–H and O–H groups in total. The van der Waals surface area contributed by atoms with Gasteiger partial charge in [0.15, 0.2) is 23.3 Å². The van der Waals surface area contributed by atoms with E-state index in [0.29, 0.717) is 5.69 Å². The van der Waals surface area contributed by atoms with E-state index in [0.717, 1.165) is 0 Å². The van der Waals surface area contributed by atoms with E-state index < -0.39 is 34.9 Å². The van der Waals surface area contributed by atoms with Crippen molar-refractivity contribution in [2.75, 3.05) is 5.32 Å². The molecule has 0 saturated carbocycles. The second-order valence-corrected chi connectivity index (χ2v) is 4.05. The van der Waals surface area contributed by atoms with E-state index in [4.69, 9.17) is 0 Å². The van der Waals surface area contributed by atoms with E-state index in [1.54, 1.807) is 18.3 Å². The number of carbonyl (C=O) groups is 1. The molecule has 0 radical (unpaired) electrons. The van der Waals surface area contributed by atoms with Gasteiger partial charge >= 0.3 is 0 Å². The Bertz CT molecular complexity index is 643. The second kappa shape index (κ2) is 5.32. The van der Waals surface area contributed by atoms with Crippen LogP contribution in [0.25, 0.3) is 0 Å². The number of hydrogen-bond acceptors (Lipinski definition) is 2. The van der Waals surface area contributed by atoms with Gasteiger partial charge in [0.05, 0.1) is 5.69 Å². The highest BCUT2D eigenvalue weighted by Gasteiger charge is 2.20. The molecule has 0 bridgehead atoms. The predicted molar refractivity (Wildman–Crippen MR) is 61.9 cm³/mol. The number of anilines is 1. The fourth-order valence-electron chi connectivity index (χ4n) is 1.56. The minimum absolute atomic E-state index is 0.0667. The van der Waals surface area contributed by atoms with E-state index in [2.05, 4.69) is 5.10 Å². The van der Waals surface area contributed by atoms with Crippen LogP contribution in [0.1, 0.15) is 5.69 Å². The van der Waals surface area contributed by atoms with Gasteiger partial charge in [-0.05, 0) is 13.0 Å². The van der Waals surface area contributed by atoms with Crippen molar-refractivity contribution in [3.63, 3.8) is 0 Å². The van der Waals surface area contributed by atoms with Gasteiger partial charge in [-0.3, -0.25) is 9.48 Å². The van der Waals surface area contributed by atoms with Crippen molar-refractivity contribution < 1.29 is 22.4 Å². The third-order valence-corrected chi connectivity index (χ3v) is 2.46. The molecular formula is C12H9F4N3O. The number of carbonyl (C=O) groups excluding carboxylic acids is 1. The monoisotopic (exact) mass is 287 g/mol. The predicted octanol–water partition coefficient (Wildman–Crippen LogP) is 2.39. The van der Waals surface area contributed by atoms with Crippen LogP contribution in [0.2, 0.25) is 0 Å². The first-order valence-electron chi connectivity index (χ1n) is 5.51. The van der Waals surface area contributed by atoms with E-state index in [9.17, 15) is 22.4 Å². The van der Waals surface area contributed by atoms with Crippen molar-refractivity contribution >= 4 is 11.6 Å². The molecule has 2 aromatic rings. The van der Waals surface area contributed by atoms with Crippen LogP contribution >= 0.6 is 0 Å². The van der Waals surface area contributed by atoms with Crippen molar-refractivity contribution in [1.29, 1.82) is 0 Å². The van der Waals surface area contributed by atoms with Gasteiger partial charge in [-0.1, -0.05) is 0 Å². The lowest BCUT2D eigenvalue weighted by atomic mass is 10.2. The molecule has 4 nitrogen and oxygen atoms in total. The molecule has 0 unspecified atom stereocenters. The van der Waals surface area contributed by atoms with Gasteiger partial charge in [0, 0.05) is 12.3 Å². The van der Waals surface area contributed by atoms with E-state index in [1.807, 2.05) is 0 Å². The van der Waals surface area contributed by atoms with Gasteiger partial charge in [-0.15, -0.1) is 0 Å². The van der Waals surface area contributed by atoms with E-state index in [-0.39, 0.29) is 12.6 Å². The molecular weight excluding hydrogens is 278 g/mol. The summed E-state index contributed by atoms with van der Waals surface area (Å²) in [7, 11) is 0. The number of hydrogen-bond donors (Lipinski definition) is 1. The number of nitrogens with one attached hydrogen (secondary N) is 1. The fourth-order valence-corrected chi connectivity index (χ4v) is 1.56. The average Bonchev–Trinajstić information content (AvgIpc) is 2.77. The SMILES string of the molecule is Cc1ccn(CC(=O)Nc2c(F)c(F)cc(F)c2F)n1. The standard InChI is InChI=1S/C12H9F4N3O/c1-6-2-3-19(18-6)5-9(20)17-12-10(15)7(13)4-8(14)11(12)16/h2-4H,5H2,1H3,(H,17,20). The van der Waals surface area contributed by atoms with Crippen molar-refractivity contribution in [2.24, 2.45) is 0 Å². The zero-order valence-electron chi connectivity index (χ0n) is 10.3. The molecule has 106 valence electrons. The van der Waals surface area contributed by atoms with Crippen molar-refractivity contribution in [2.45, 2.75) is 13.5 Å². The van der Waals surface area contributed by atoms with Gasteiger partial charge in [0.2, 0.25) is 5.91 Å². The molecule has 0 aliphatic carbocycles. The van der Waals surface area contributed by atoms with Crippen LogP contribution in [0, 0.1) is 30.2 Å². The highest BCUT2D eigenvalue weighted by atomic mass is 19.2. The molecule has 2 rings (SSSR count). The second-order valence-electron chi connectivity index (χ2n) is 4.05. The van der Waals surface area contributed by atoms with E-state index in [1.165, 1.54) is 10.9 Å². The van der Waals surface area contributed by atoms with Crippen LogP contribution in [0.3, 0.4) is 0 Å². The molecule has 8 heteroatoms. The summed E-state index contributed by atoms with van der Waals surface area (Å²) in [6.07, 6.45) is 1.48. The summed E-state index contributed by atoms with van der Waals surface area (Å²) in [5.74, 6) is -7.36. The summed E-state index contributed by atoms with van der Waals surface area (Å²) in [4.78, 5) is 11.6. The molecule has 0 aliphatic rings. The number of amides is 1. The van der Waals surface area contributed by atoms with Crippen LogP contribution in [0.5, 0.6) is 0 Å². The smallest absolute Gasteiger partial charge is 0.246 e. The summed E-state index contributed by atoms with van der Waals surface area (Å²) < 4.78 is 53.8. The first-order chi connectivity index (χ1) is 9.38. The lowest BCUT2D eigenvalue weighted by Crippen LogP contribution is -2.21. The van der Waals surface area contributed by atoms with Crippen molar-refractivity contribution in [3.8, 4) is 0 Å². The summed E-state index contributed by atoms with van der Waals surface area (Å²) in [6, 6.07) is 1.69.